The maximum atomic E-state index is 11.5. The highest BCUT2D eigenvalue weighted by Gasteiger charge is 2.20. The zero-order valence-corrected chi connectivity index (χ0v) is 11.7. The molecule has 0 radical (unpaired) electrons. The van der Waals surface area contributed by atoms with E-state index in [1.807, 2.05) is 0 Å². The van der Waals surface area contributed by atoms with Gasteiger partial charge in [-0.3, -0.25) is 4.79 Å². The summed E-state index contributed by atoms with van der Waals surface area (Å²) >= 11 is 6.17. The minimum Gasteiger partial charge on any atom is -0.399 e. The van der Waals surface area contributed by atoms with Gasteiger partial charge in [-0.2, -0.15) is 0 Å². The Bertz CT molecular complexity index is 492. The van der Waals surface area contributed by atoms with Crippen molar-refractivity contribution in [1.29, 1.82) is 0 Å². The molecule has 0 spiro atoms. The molecule has 0 bridgehead atoms. The molecule has 6 heteroatoms. The van der Waals surface area contributed by atoms with Crippen LogP contribution in [0.15, 0.2) is 12.1 Å². The second kappa shape index (κ2) is 5.67. The minimum absolute atomic E-state index is 0.262. The van der Waals surface area contributed by atoms with Gasteiger partial charge < -0.3 is 21.7 Å². The van der Waals surface area contributed by atoms with Crippen LogP contribution in [0.1, 0.15) is 23.2 Å². The van der Waals surface area contributed by atoms with Crippen molar-refractivity contribution in [2.75, 3.05) is 31.2 Å². The third kappa shape index (κ3) is 3.30. The Morgan fingerprint density at radius 1 is 1.53 bits per heavy atom. The Labute approximate surface area is 117 Å². The lowest BCUT2D eigenvalue weighted by Crippen LogP contribution is -2.40. The largest absolute Gasteiger partial charge is 0.399 e. The molecule has 0 saturated carbocycles. The summed E-state index contributed by atoms with van der Waals surface area (Å²) in [5.41, 5.74) is 12.4. The van der Waals surface area contributed by atoms with E-state index in [0.29, 0.717) is 22.0 Å². The van der Waals surface area contributed by atoms with Gasteiger partial charge in [0.05, 0.1) is 16.3 Å². The number of nitrogens with two attached hydrogens (primary N) is 2. The fourth-order valence-electron chi connectivity index (χ4n) is 2.46. The molecule has 1 saturated heterocycles. The zero-order chi connectivity index (χ0) is 14.0. The SMILES string of the molecule is CN1CCCC(Nc2c(Cl)cc(N)cc2C(N)=O)C1. The van der Waals surface area contributed by atoms with Crippen molar-refractivity contribution >= 4 is 28.9 Å². The molecule has 1 aliphatic rings. The highest BCUT2D eigenvalue weighted by atomic mass is 35.5. The van der Waals surface area contributed by atoms with Crippen LogP contribution < -0.4 is 16.8 Å². The van der Waals surface area contributed by atoms with Gasteiger partial charge in [0.1, 0.15) is 0 Å². The number of nitrogens with zero attached hydrogens (tertiary/aromatic N) is 1. The molecule has 1 heterocycles. The fraction of sp³-hybridized carbons (Fsp3) is 0.462. The molecule has 1 atom stereocenters. The van der Waals surface area contributed by atoms with E-state index in [9.17, 15) is 4.79 Å². The van der Waals surface area contributed by atoms with Crippen LogP contribution in [0, 0.1) is 0 Å². The smallest absolute Gasteiger partial charge is 0.250 e. The number of likely N-dealkylation sites (N-methyl/N-ethyl adjacent to an activating group) is 1. The Morgan fingerprint density at radius 2 is 2.26 bits per heavy atom. The van der Waals surface area contributed by atoms with Crippen molar-refractivity contribution in [2.45, 2.75) is 18.9 Å². The van der Waals surface area contributed by atoms with Gasteiger partial charge in [0.25, 0.3) is 5.91 Å². The summed E-state index contributed by atoms with van der Waals surface area (Å²) in [6.45, 7) is 2.01. The lowest BCUT2D eigenvalue weighted by Gasteiger charge is -2.31. The van der Waals surface area contributed by atoms with Gasteiger partial charge in [-0.15, -0.1) is 0 Å². The first-order chi connectivity index (χ1) is 8.97. The van der Waals surface area contributed by atoms with E-state index in [-0.39, 0.29) is 6.04 Å². The van der Waals surface area contributed by atoms with Crippen molar-refractivity contribution in [3.05, 3.63) is 22.7 Å². The molecule has 19 heavy (non-hydrogen) atoms. The number of likely N-dealkylation sites (tertiary alicyclic amines) is 1. The zero-order valence-electron chi connectivity index (χ0n) is 10.9. The Balaban J connectivity index is 2.26. The monoisotopic (exact) mass is 282 g/mol. The summed E-state index contributed by atoms with van der Waals surface area (Å²) in [6, 6.07) is 3.45. The molecule has 0 aromatic heterocycles. The van der Waals surface area contributed by atoms with Crippen LogP contribution in [0.5, 0.6) is 0 Å². The maximum Gasteiger partial charge on any atom is 0.250 e. The lowest BCUT2D eigenvalue weighted by atomic mass is 10.0. The van der Waals surface area contributed by atoms with Crippen LogP contribution in [0.4, 0.5) is 11.4 Å². The van der Waals surface area contributed by atoms with Gasteiger partial charge >= 0.3 is 0 Å². The number of hydrogen-bond donors (Lipinski definition) is 3. The number of carbonyl (C=O) groups excluding carboxylic acids is 1. The lowest BCUT2D eigenvalue weighted by molar-refractivity contribution is 0.100. The number of piperidine rings is 1. The van der Waals surface area contributed by atoms with E-state index in [1.54, 1.807) is 12.1 Å². The van der Waals surface area contributed by atoms with E-state index >= 15 is 0 Å². The number of rotatable bonds is 3. The topological polar surface area (TPSA) is 84.4 Å². The minimum atomic E-state index is -0.527. The van der Waals surface area contributed by atoms with Crippen LogP contribution >= 0.6 is 11.6 Å². The number of nitrogen functional groups attached to an aromatic ring is 1. The van der Waals surface area contributed by atoms with Crippen LogP contribution in [-0.2, 0) is 0 Å². The second-order valence-electron chi connectivity index (χ2n) is 5.04. The second-order valence-corrected chi connectivity index (χ2v) is 5.44. The molecule has 5 N–H and O–H groups in total. The summed E-state index contributed by atoms with van der Waals surface area (Å²) in [6.07, 6.45) is 2.16. The molecular formula is C13H19ClN4O. The molecule has 1 fully saturated rings. The number of primary amides is 1. The fourth-order valence-corrected chi connectivity index (χ4v) is 2.74. The molecule has 104 valence electrons. The summed E-state index contributed by atoms with van der Waals surface area (Å²) in [5.74, 6) is -0.527. The molecule has 1 amide bonds. The van der Waals surface area contributed by atoms with Crippen molar-refractivity contribution in [3.8, 4) is 0 Å². The number of hydrogen-bond acceptors (Lipinski definition) is 4. The maximum absolute atomic E-state index is 11.5. The predicted molar refractivity (Wildman–Crippen MR) is 78.5 cm³/mol. The first kappa shape index (κ1) is 14.0. The van der Waals surface area contributed by atoms with E-state index in [1.165, 1.54) is 0 Å². The van der Waals surface area contributed by atoms with Gasteiger partial charge in [0, 0.05) is 18.3 Å². The highest BCUT2D eigenvalue weighted by Crippen LogP contribution is 2.30. The molecule has 1 unspecified atom stereocenters. The van der Waals surface area contributed by atoms with Crippen LogP contribution in [0.3, 0.4) is 0 Å². The van der Waals surface area contributed by atoms with E-state index in [4.69, 9.17) is 23.1 Å². The van der Waals surface area contributed by atoms with Crippen molar-refractivity contribution in [2.24, 2.45) is 5.73 Å². The Hall–Kier alpha value is -1.46. The summed E-state index contributed by atoms with van der Waals surface area (Å²) in [5, 5.41) is 3.76. The van der Waals surface area contributed by atoms with Crippen molar-refractivity contribution < 1.29 is 4.79 Å². The van der Waals surface area contributed by atoms with Gasteiger partial charge in [0.2, 0.25) is 0 Å². The molecule has 1 aliphatic heterocycles. The number of anilines is 2. The van der Waals surface area contributed by atoms with Gasteiger partial charge in [-0.1, -0.05) is 11.6 Å². The van der Waals surface area contributed by atoms with Crippen molar-refractivity contribution in [3.63, 3.8) is 0 Å². The van der Waals surface area contributed by atoms with Crippen LogP contribution in [0.2, 0.25) is 5.02 Å². The summed E-state index contributed by atoms with van der Waals surface area (Å²) in [4.78, 5) is 13.7. The average Bonchev–Trinajstić information content (AvgIpc) is 2.32. The van der Waals surface area contributed by atoms with Gasteiger partial charge in [0.15, 0.2) is 0 Å². The van der Waals surface area contributed by atoms with E-state index < -0.39 is 5.91 Å². The molecule has 0 aliphatic carbocycles. The van der Waals surface area contributed by atoms with E-state index in [0.717, 1.165) is 25.9 Å². The van der Waals surface area contributed by atoms with Gasteiger partial charge in [-0.05, 0) is 38.6 Å². The summed E-state index contributed by atoms with van der Waals surface area (Å²) in [7, 11) is 2.08. The number of carbonyl (C=O) groups is 1. The average molecular weight is 283 g/mol. The molecule has 2 rings (SSSR count). The van der Waals surface area contributed by atoms with Gasteiger partial charge in [-0.25, -0.2) is 0 Å². The quantitative estimate of drug-likeness (QED) is 0.734. The number of amides is 1. The predicted octanol–water partition coefficient (Wildman–Crippen LogP) is 1.53. The van der Waals surface area contributed by atoms with Crippen molar-refractivity contribution in [1.82, 2.24) is 4.90 Å². The van der Waals surface area contributed by atoms with Crippen LogP contribution in [0.25, 0.3) is 0 Å². The molecule has 1 aromatic carbocycles. The van der Waals surface area contributed by atoms with E-state index in [2.05, 4.69) is 17.3 Å². The highest BCUT2D eigenvalue weighted by molar-refractivity contribution is 6.34. The molecular weight excluding hydrogens is 264 g/mol. The standard InChI is InChI=1S/C13H19ClN4O/c1-18-4-2-3-9(7-18)17-12-10(13(16)19)5-8(15)6-11(12)14/h5-6,9,17H,2-4,7,15H2,1H3,(H2,16,19). The Morgan fingerprint density at radius 3 is 2.89 bits per heavy atom. The van der Waals surface area contributed by atoms with Crippen LogP contribution in [-0.4, -0.2) is 37.0 Å². The first-order valence-electron chi connectivity index (χ1n) is 6.31. The summed E-state index contributed by atoms with van der Waals surface area (Å²) < 4.78 is 0. The Kier molecular flexibility index (Phi) is 4.17. The molecule has 5 nitrogen and oxygen atoms in total. The number of nitrogens with one attached hydrogen (secondary N) is 1. The number of benzene rings is 1. The third-order valence-corrected chi connectivity index (χ3v) is 3.65. The normalized spacial score (nSPS) is 20.2. The number of halogens is 1. The first-order valence-corrected chi connectivity index (χ1v) is 6.69. The molecule has 1 aromatic rings. The third-order valence-electron chi connectivity index (χ3n) is 3.35.